The maximum absolute atomic E-state index is 14.7. The van der Waals surface area contributed by atoms with Gasteiger partial charge in [0.25, 0.3) is 11.6 Å². The average Bonchev–Trinajstić information content (AvgIpc) is 2.55. The molecule has 0 saturated carbocycles. The van der Waals surface area contributed by atoms with Crippen LogP contribution in [-0.4, -0.2) is 5.91 Å². The standard InChI is InChI=1S/C17H15FN2O/c1-13(14-8-4-2-5-9-14)20-16(21)17(18,12-19)15-10-6-3-7-11-15/h2-11,13H,1H3,(H,20,21)/t13-,17+/m1/s1. The molecule has 0 radical (unpaired) electrons. The number of nitrogens with zero attached hydrogens (tertiary/aromatic N) is 1. The summed E-state index contributed by atoms with van der Waals surface area (Å²) in [7, 11) is 0. The van der Waals surface area contributed by atoms with Crippen molar-refractivity contribution in [3.63, 3.8) is 0 Å². The molecule has 0 unspecified atom stereocenters. The topological polar surface area (TPSA) is 52.9 Å². The van der Waals surface area contributed by atoms with Crippen molar-refractivity contribution in [2.75, 3.05) is 0 Å². The third-order valence-electron chi connectivity index (χ3n) is 3.29. The summed E-state index contributed by atoms with van der Waals surface area (Å²) in [5.74, 6) is -0.951. The molecule has 2 rings (SSSR count). The first kappa shape index (κ1) is 14.7. The Morgan fingerprint density at radius 1 is 1.14 bits per heavy atom. The van der Waals surface area contributed by atoms with Crippen molar-refractivity contribution in [1.82, 2.24) is 5.32 Å². The number of carbonyl (C=O) groups excluding carboxylic acids is 1. The predicted octanol–water partition coefficient (Wildman–Crippen LogP) is 3.25. The summed E-state index contributed by atoms with van der Waals surface area (Å²) in [6.07, 6.45) is 0. The first-order valence-electron chi connectivity index (χ1n) is 6.59. The van der Waals surface area contributed by atoms with Gasteiger partial charge < -0.3 is 5.32 Å². The molecule has 0 heterocycles. The number of hydrogen-bond donors (Lipinski definition) is 1. The highest BCUT2D eigenvalue weighted by atomic mass is 19.1. The molecule has 0 bridgehead atoms. The molecule has 3 nitrogen and oxygen atoms in total. The summed E-state index contributed by atoms with van der Waals surface area (Å²) in [6, 6.07) is 18.0. The fourth-order valence-corrected chi connectivity index (χ4v) is 2.04. The van der Waals surface area contributed by atoms with Crippen LogP contribution < -0.4 is 5.32 Å². The van der Waals surface area contributed by atoms with Gasteiger partial charge in [-0.1, -0.05) is 60.7 Å². The normalized spacial score (nSPS) is 14.5. The van der Waals surface area contributed by atoms with E-state index in [0.29, 0.717) is 0 Å². The Balaban J connectivity index is 2.21. The molecule has 1 amide bonds. The van der Waals surface area contributed by atoms with Gasteiger partial charge in [-0.2, -0.15) is 5.26 Å². The number of hydrogen-bond acceptors (Lipinski definition) is 2. The lowest BCUT2D eigenvalue weighted by Crippen LogP contribution is -2.41. The van der Waals surface area contributed by atoms with Gasteiger partial charge >= 0.3 is 0 Å². The van der Waals surface area contributed by atoms with Gasteiger partial charge in [0.05, 0.1) is 6.04 Å². The quantitative estimate of drug-likeness (QED) is 0.935. The molecular weight excluding hydrogens is 267 g/mol. The number of benzene rings is 2. The van der Waals surface area contributed by atoms with Crippen LogP contribution in [0.15, 0.2) is 60.7 Å². The second-order valence-electron chi connectivity index (χ2n) is 4.74. The van der Waals surface area contributed by atoms with E-state index in [1.165, 1.54) is 18.2 Å². The van der Waals surface area contributed by atoms with E-state index in [-0.39, 0.29) is 11.6 Å². The van der Waals surface area contributed by atoms with E-state index in [1.54, 1.807) is 25.1 Å². The largest absolute Gasteiger partial charge is 0.346 e. The summed E-state index contributed by atoms with van der Waals surface area (Å²) in [5.41, 5.74) is -1.81. The smallest absolute Gasteiger partial charge is 0.298 e. The lowest BCUT2D eigenvalue weighted by atomic mass is 9.95. The Morgan fingerprint density at radius 2 is 1.67 bits per heavy atom. The van der Waals surface area contributed by atoms with E-state index in [0.717, 1.165) is 5.56 Å². The summed E-state index contributed by atoms with van der Waals surface area (Å²) in [6.45, 7) is 1.75. The number of nitriles is 1. The van der Waals surface area contributed by atoms with Crippen molar-refractivity contribution >= 4 is 5.91 Å². The SMILES string of the molecule is C[C@@H](NC(=O)[C@](F)(C#N)c1ccccc1)c1ccccc1. The average molecular weight is 282 g/mol. The van der Waals surface area contributed by atoms with E-state index in [4.69, 9.17) is 5.26 Å². The first-order chi connectivity index (χ1) is 10.1. The molecule has 21 heavy (non-hydrogen) atoms. The van der Waals surface area contributed by atoms with Crippen molar-refractivity contribution in [3.8, 4) is 6.07 Å². The Kier molecular flexibility index (Phi) is 4.34. The lowest BCUT2D eigenvalue weighted by molar-refractivity contribution is -0.130. The van der Waals surface area contributed by atoms with Gasteiger partial charge in [0.2, 0.25) is 0 Å². The van der Waals surface area contributed by atoms with Crippen LogP contribution >= 0.6 is 0 Å². The highest BCUT2D eigenvalue weighted by Crippen LogP contribution is 2.26. The molecule has 4 heteroatoms. The fourth-order valence-electron chi connectivity index (χ4n) is 2.04. The number of carbonyl (C=O) groups is 1. The van der Waals surface area contributed by atoms with Crippen LogP contribution in [0.1, 0.15) is 24.1 Å². The summed E-state index contributed by atoms with van der Waals surface area (Å²) < 4.78 is 14.7. The Morgan fingerprint density at radius 3 is 2.19 bits per heavy atom. The van der Waals surface area contributed by atoms with Gasteiger partial charge in [-0.3, -0.25) is 4.79 Å². The minimum atomic E-state index is -2.69. The van der Waals surface area contributed by atoms with Gasteiger partial charge in [0.1, 0.15) is 6.07 Å². The molecular formula is C17H15FN2O. The number of halogens is 1. The zero-order chi connectivity index (χ0) is 15.3. The van der Waals surface area contributed by atoms with Crippen LogP contribution in [0, 0.1) is 11.3 Å². The molecule has 0 spiro atoms. The number of amides is 1. The van der Waals surface area contributed by atoms with Crippen molar-refractivity contribution in [2.24, 2.45) is 0 Å². The Bertz CT molecular complexity index is 651. The van der Waals surface area contributed by atoms with E-state index in [2.05, 4.69) is 5.32 Å². The van der Waals surface area contributed by atoms with Gasteiger partial charge in [-0.05, 0) is 12.5 Å². The van der Waals surface area contributed by atoms with Crippen LogP contribution in [-0.2, 0) is 10.5 Å². The highest BCUT2D eigenvalue weighted by Gasteiger charge is 2.41. The van der Waals surface area contributed by atoms with Crippen LogP contribution in [0.25, 0.3) is 0 Å². The van der Waals surface area contributed by atoms with Crippen molar-refractivity contribution < 1.29 is 9.18 Å². The minimum absolute atomic E-state index is 0.0326. The first-order valence-corrected chi connectivity index (χ1v) is 6.59. The van der Waals surface area contributed by atoms with Crippen LogP contribution in [0.3, 0.4) is 0 Å². The summed E-state index contributed by atoms with van der Waals surface area (Å²) >= 11 is 0. The van der Waals surface area contributed by atoms with Crippen LogP contribution in [0.4, 0.5) is 4.39 Å². The summed E-state index contributed by atoms with van der Waals surface area (Å²) in [5, 5.41) is 11.7. The maximum atomic E-state index is 14.7. The van der Waals surface area contributed by atoms with E-state index >= 15 is 0 Å². The second kappa shape index (κ2) is 6.19. The summed E-state index contributed by atoms with van der Waals surface area (Å²) in [4.78, 5) is 12.2. The number of rotatable bonds is 4. The van der Waals surface area contributed by atoms with E-state index < -0.39 is 11.6 Å². The maximum Gasteiger partial charge on any atom is 0.298 e. The van der Waals surface area contributed by atoms with Gasteiger partial charge in [0, 0.05) is 5.56 Å². The predicted molar refractivity (Wildman–Crippen MR) is 77.8 cm³/mol. The highest BCUT2D eigenvalue weighted by molar-refractivity contribution is 5.89. The van der Waals surface area contributed by atoms with Gasteiger partial charge in [-0.15, -0.1) is 0 Å². The molecule has 0 fully saturated rings. The minimum Gasteiger partial charge on any atom is -0.346 e. The monoisotopic (exact) mass is 282 g/mol. The Hall–Kier alpha value is -2.67. The van der Waals surface area contributed by atoms with Gasteiger partial charge in [-0.25, -0.2) is 4.39 Å². The molecule has 0 aliphatic rings. The molecule has 0 saturated heterocycles. The Labute approximate surface area is 123 Å². The van der Waals surface area contributed by atoms with Gasteiger partial charge in [0.15, 0.2) is 0 Å². The molecule has 106 valence electrons. The fraction of sp³-hybridized carbons (Fsp3) is 0.176. The molecule has 0 aliphatic carbocycles. The molecule has 0 aromatic heterocycles. The zero-order valence-electron chi connectivity index (χ0n) is 11.6. The molecule has 0 aliphatic heterocycles. The third-order valence-corrected chi connectivity index (χ3v) is 3.29. The molecule has 2 aromatic rings. The molecule has 1 N–H and O–H groups in total. The van der Waals surface area contributed by atoms with Crippen LogP contribution in [0.5, 0.6) is 0 Å². The van der Waals surface area contributed by atoms with Crippen molar-refractivity contribution in [2.45, 2.75) is 18.6 Å². The van der Waals surface area contributed by atoms with E-state index in [9.17, 15) is 9.18 Å². The third kappa shape index (κ3) is 3.09. The van der Waals surface area contributed by atoms with E-state index in [1.807, 2.05) is 30.3 Å². The lowest BCUT2D eigenvalue weighted by Gasteiger charge is -2.21. The second-order valence-corrected chi connectivity index (χ2v) is 4.74. The number of alkyl halides is 1. The molecule has 2 atom stereocenters. The number of nitrogens with one attached hydrogen (secondary N) is 1. The van der Waals surface area contributed by atoms with Crippen molar-refractivity contribution in [1.29, 1.82) is 5.26 Å². The zero-order valence-corrected chi connectivity index (χ0v) is 11.6. The molecule has 2 aromatic carbocycles. The van der Waals surface area contributed by atoms with Crippen molar-refractivity contribution in [3.05, 3.63) is 71.8 Å². The van der Waals surface area contributed by atoms with Crippen LogP contribution in [0.2, 0.25) is 0 Å².